The molecule has 102 valence electrons. The van der Waals surface area contributed by atoms with E-state index in [1.54, 1.807) is 0 Å². The van der Waals surface area contributed by atoms with Crippen LogP contribution in [-0.2, 0) is 12.2 Å². The fourth-order valence-electron chi connectivity index (χ4n) is 1.22. The smallest absolute Gasteiger partial charge is 0.390 e. The molecule has 0 aromatic carbocycles. The molecule has 0 saturated heterocycles. The first-order chi connectivity index (χ1) is 8.04. The number of rotatable bonds is 2. The first-order valence-electron chi connectivity index (χ1n) is 4.47. The van der Waals surface area contributed by atoms with E-state index in [2.05, 4.69) is 4.98 Å². The van der Waals surface area contributed by atoms with Crippen molar-refractivity contribution in [2.24, 2.45) is 0 Å². The maximum Gasteiger partial charge on any atom is 0.432 e. The summed E-state index contributed by atoms with van der Waals surface area (Å²) in [5, 5.41) is 17.6. The van der Waals surface area contributed by atoms with Crippen LogP contribution in [0.3, 0.4) is 0 Å². The van der Waals surface area contributed by atoms with E-state index in [9.17, 15) is 26.3 Å². The lowest BCUT2D eigenvalue weighted by Gasteiger charge is -2.31. The minimum Gasteiger partial charge on any atom is -0.390 e. The van der Waals surface area contributed by atoms with Gasteiger partial charge in [0.2, 0.25) is 0 Å². The maximum absolute atomic E-state index is 12.4. The Morgan fingerprint density at radius 2 is 1.50 bits per heavy atom. The topological polar surface area (TPSA) is 53.4 Å². The lowest BCUT2D eigenvalue weighted by Crippen LogP contribution is -2.54. The van der Waals surface area contributed by atoms with Crippen molar-refractivity contribution in [2.45, 2.75) is 24.6 Å². The molecule has 1 aromatic heterocycles. The van der Waals surface area contributed by atoms with E-state index in [0.29, 0.717) is 6.07 Å². The minimum atomic E-state index is -5.98. The maximum atomic E-state index is 12.4. The van der Waals surface area contributed by atoms with Crippen LogP contribution in [0, 0.1) is 0 Å². The van der Waals surface area contributed by atoms with Gasteiger partial charge in [0, 0.05) is 0 Å². The third-order valence-electron chi connectivity index (χ3n) is 2.16. The van der Waals surface area contributed by atoms with Crippen molar-refractivity contribution in [2.75, 3.05) is 0 Å². The highest BCUT2D eigenvalue weighted by Gasteiger charge is 2.72. The molecule has 0 radical (unpaired) electrons. The Bertz CT molecular complexity index is 414. The molecule has 9 heteroatoms. The Kier molecular flexibility index (Phi) is 3.59. The van der Waals surface area contributed by atoms with Crippen LogP contribution >= 0.6 is 0 Å². The lowest BCUT2D eigenvalue weighted by molar-refractivity contribution is -0.377. The van der Waals surface area contributed by atoms with Gasteiger partial charge < -0.3 is 10.2 Å². The Hall–Kier alpha value is -1.35. The fourth-order valence-corrected chi connectivity index (χ4v) is 1.22. The Morgan fingerprint density at radius 1 is 1.00 bits per heavy atom. The fraction of sp³-hybridized carbons (Fsp3) is 0.444. The molecule has 0 bridgehead atoms. The molecule has 1 rings (SSSR count). The summed E-state index contributed by atoms with van der Waals surface area (Å²) in [5.74, 6) is 0. The SMILES string of the molecule is OCc1cccc(C(O)(C(F)(F)F)C(F)(F)F)n1. The van der Waals surface area contributed by atoms with Crippen molar-refractivity contribution in [1.29, 1.82) is 0 Å². The van der Waals surface area contributed by atoms with E-state index in [1.807, 2.05) is 0 Å². The highest BCUT2D eigenvalue weighted by Crippen LogP contribution is 2.49. The van der Waals surface area contributed by atoms with Crippen LogP contribution in [0.15, 0.2) is 18.2 Å². The summed E-state index contributed by atoms with van der Waals surface area (Å²) in [6.07, 6.45) is -12.0. The Labute approximate surface area is 96.7 Å². The van der Waals surface area contributed by atoms with Crippen LogP contribution < -0.4 is 0 Å². The van der Waals surface area contributed by atoms with E-state index >= 15 is 0 Å². The quantitative estimate of drug-likeness (QED) is 0.810. The molecule has 1 heterocycles. The van der Waals surface area contributed by atoms with Gasteiger partial charge in [-0.25, -0.2) is 0 Å². The van der Waals surface area contributed by atoms with Crippen LogP contribution in [0.25, 0.3) is 0 Å². The third kappa shape index (κ3) is 2.27. The van der Waals surface area contributed by atoms with Gasteiger partial charge in [0.05, 0.1) is 18.0 Å². The van der Waals surface area contributed by atoms with Gasteiger partial charge in [-0.15, -0.1) is 0 Å². The molecule has 0 aliphatic carbocycles. The van der Waals surface area contributed by atoms with Gasteiger partial charge in [-0.1, -0.05) is 6.07 Å². The molecule has 0 atom stereocenters. The van der Waals surface area contributed by atoms with Crippen molar-refractivity contribution >= 4 is 0 Å². The van der Waals surface area contributed by atoms with Crippen molar-refractivity contribution < 1.29 is 36.6 Å². The van der Waals surface area contributed by atoms with E-state index < -0.39 is 35.9 Å². The molecule has 0 aliphatic heterocycles. The number of aliphatic hydroxyl groups excluding tert-OH is 1. The van der Waals surface area contributed by atoms with Gasteiger partial charge in [-0.2, -0.15) is 26.3 Å². The molecule has 0 spiro atoms. The Morgan fingerprint density at radius 3 is 1.89 bits per heavy atom. The second kappa shape index (κ2) is 4.39. The minimum absolute atomic E-state index is 0.389. The standard InChI is InChI=1S/C9H7F6NO2/c10-8(11,12)7(18,9(13,14)15)6-3-1-2-5(4-17)16-6/h1-3,17-18H,4H2. The van der Waals surface area contributed by atoms with E-state index in [1.165, 1.54) is 0 Å². The molecular weight excluding hydrogens is 268 g/mol. The van der Waals surface area contributed by atoms with Crippen LogP contribution in [0.5, 0.6) is 0 Å². The van der Waals surface area contributed by atoms with E-state index in [-0.39, 0.29) is 0 Å². The number of halogens is 6. The molecule has 1 aromatic rings. The van der Waals surface area contributed by atoms with Gasteiger partial charge in [-0.05, 0) is 12.1 Å². The predicted octanol–water partition coefficient (Wildman–Crippen LogP) is 1.89. The van der Waals surface area contributed by atoms with Gasteiger partial charge in [0.1, 0.15) is 0 Å². The summed E-state index contributed by atoms with van der Waals surface area (Å²) in [4.78, 5) is 2.96. The first-order valence-corrected chi connectivity index (χ1v) is 4.47. The largest absolute Gasteiger partial charge is 0.432 e. The van der Waals surface area contributed by atoms with Gasteiger partial charge in [-0.3, -0.25) is 4.98 Å². The zero-order valence-electron chi connectivity index (χ0n) is 8.55. The number of nitrogens with zero attached hydrogens (tertiary/aromatic N) is 1. The molecule has 18 heavy (non-hydrogen) atoms. The van der Waals surface area contributed by atoms with Crippen LogP contribution in [-0.4, -0.2) is 27.5 Å². The average Bonchev–Trinajstić information content (AvgIpc) is 2.25. The van der Waals surface area contributed by atoms with Gasteiger partial charge in [0.15, 0.2) is 0 Å². The number of aromatic nitrogens is 1. The van der Waals surface area contributed by atoms with Crippen molar-refractivity contribution in [3.05, 3.63) is 29.6 Å². The van der Waals surface area contributed by atoms with Crippen LogP contribution in [0.4, 0.5) is 26.3 Å². The van der Waals surface area contributed by atoms with E-state index in [0.717, 1.165) is 12.1 Å². The zero-order valence-corrected chi connectivity index (χ0v) is 8.55. The van der Waals surface area contributed by atoms with Gasteiger partial charge >= 0.3 is 12.4 Å². The molecule has 0 fully saturated rings. The summed E-state index contributed by atoms with van der Waals surface area (Å²) < 4.78 is 74.7. The molecule has 0 unspecified atom stereocenters. The number of alkyl halides is 6. The van der Waals surface area contributed by atoms with Crippen molar-refractivity contribution in [1.82, 2.24) is 4.98 Å². The molecule has 0 amide bonds. The number of hydrogen-bond donors (Lipinski definition) is 2. The lowest BCUT2D eigenvalue weighted by atomic mass is 9.97. The first kappa shape index (κ1) is 14.7. The molecule has 2 N–H and O–H groups in total. The normalized spacial score (nSPS) is 13.8. The number of pyridine rings is 1. The molecule has 0 saturated carbocycles. The summed E-state index contributed by atoms with van der Waals surface area (Å²) in [7, 11) is 0. The van der Waals surface area contributed by atoms with E-state index in [4.69, 9.17) is 10.2 Å². The molecule has 3 nitrogen and oxygen atoms in total. The monoisotopic (exact) mass is 275 g/mol. The molecule has 0 aliphatic rings. The zero-order chi connectivity index (χ0) is 14.2. The third-order valence-corrected chi connectivity index (χ3v) is 2.16. The number of hydrogen-bond acceptors (Lipinski definition) is 3. The van der Waals surface area contributed by atoms with Crippen LogP contribution in [0.2, 0.25) is 0 Å². The summed E-state index contributed by atoms with van der Waals surface area (Å²) in [6, 6.07) is 2.24. The van der Waals surface area contributed by atoms with Crippen molar-refractivity contribution in [3.8, 4) is 0 Å². The van der Waals surface area contributed by atoms with Crippen LogP contribution in [0.1, 0.15) is 11.4 Å². The molecular formula is C9H7F6NO2. The highest BCUT2D eigenvalue weighted by molar-refractivity contribution is 5.21. The summed E-state index contributed by atoms with van der Waals surface area (Å²) in [6.45, 7) is -0.848. The predicted molar refractivity (Wildman–Crippen MR) is 46.2 cm³/mol. The number of aliphatic hydroxyl groups is 2. The second-order valence-corrected chi connectivity index (χ2v) is 3.38. The second-order valence-electron chi connectivity index (χ2n) is 3.38. The van der Waals surface area contributed by atoms with Gasteiger partial charge in [0.25, 0.3) is 5.60 Å². The Balaban J connectivity index is 3.45. The highest BCUT2D eigenvalue weighted by atomic mass is 19.4. The average molecular weight is 275 g/mol. The van der Waals surface area contributed by atoms with Crippen molar-refractivity contribution in [3.63, 3.8) is 0 Å². The summed E-state index contributed by atoms with van der Waals surface area (Å²) in [5.41, 5.74) is -7.11. The summed E-state index contributed by atoms with van der Waals surface area (Å²) >= 11 is 0.